The number of H-pyrrole nitrogens is 1. The van der Waals surface area contributed by atoms with Crippen molar-refractivity contribution in [3.8, 4) is 5.75 Å². The van der Waals surface area contributed by atoms with Gasteiger partial charge in [-0.3, -0.25) is 9.59 Å². The Morgan fingerprint density at radius 2 is 1.61 bits per heavy atom. The third-order valence-electron chi connectivity index (χ3n) is 4.76. The van der Waals surface area contributed by atoms with Crippen molar-refractivity contribution in [3.63, 3.8) is 0 Å². The van der Waals surface area contributed by atoms with Crippen LogP contribution in [0.5, 0.6) is 5.75 Å². The van der Waals surface area contributed by atoms with Crippen molar-refractivity contribution in [2.45, 2.75) is 13.0 Å². The monoisotopic (exact) mass is 414 g/mol. The van der Waals surface area contributed by atoms with Gasteiger partial charge in [0.1, 0.15) is 12.4 Å². The number of hydrogen-bond donors (Lipinski definition) is 2. The molecule has 3 aromatic carbocycles. The number of aromatic nitrogens is 1. The molecule has 6 heteroatoms. The molecule has 0 aliphatic carbocycles. The summed E-state index contributed by atoms with van der Waals surface area (Å²) in [5, 5.41) is 3.68. The van der Waals surface area contributed by atoms with E-state index in [1.807, 2.05) is 54.6 Å². The molecule has 0 aliphatic heterocycles. The minimum atomic E-state index is -0.454. The van der Waals surface area contributed by atoms with Crippen molar-refractivity contribution in [2.75, 3.05) is 11.9 Å². The minimum Gasteiger partial charge on any atom is -0.489 e. The molecular formula is C25H22N2O4. The van der Waals surface area contributed by atoms with Crippen LogP contribution in [0.4, 0.5) is 5.69 Å². The number of fused-ring (bicyclic) bond motifs is 1. The summed E-state index contributed by atoms with van der Waals surface area (Å²) in [7, 11) is 0. The highest BCUT2D eigenvalue weighted by molar-refractivity contribution is 5.93. The number of para-hydroxylation sites is 1. The zero-order valence-electron chi connectivity index (χ0n) is 16.8. The zero-order valence-corrected chi connectivity index (χ0v) is 16.8. The molecule has 0 spiro atoms. The van der Waals surface area contributed by atoms with E-state index in [1.54, 1.807) is 30.5 Å². The molecule has 31 heavy (non-hydrogen) atoms. The normalized spacial score (nSPS) is 10.6. The molecule has 0 atom stereocenters. The number of hydrogen-bond acceptors (Lipinski definition) is 4. The zero-order chi connectivity index (χ0) is 21.5. The second-order valence-corrected chi connectivity index (χ2v) is 7.04. The fourth-order valence-electron chi connectivity index (χ4n) is 3.20. The van der Waals surface area contributed by atoms with Crippen LogP contribution in [0, 0.1) is 0 Å². The van der Waals surface area contributed by atoms with Crippen molar-refractivity contribution in [1.29, 1.82) is 0 Å². The van der Waals surface area contributed by atoms with E-state index in [1.165, 1.54) is 0 Å². The fraction of sp³-hybridized carbons (Fsp3) is 0.120. The number of amides is 1. The number of aromatic amines is 1. The van der Waals surface area contributed by atoms with Gasteiger partial charge < -0.3 is 19.8 Å². The van der Waals surface area contributed by atoms with Crippen LogP contribution in [-0.2, 0) is 27.4 Å². The minimum absolute atomic E-state index is 0.102. The summed E-state index contributed by atoms with van der Waals surface area (Å²) in [6.07, 6.45) is 1.89. The molecule has 0 bridgehead atoms. The summed E-state index contributed by atoms with van der Waals surface area (Å²) in [6, 6.07) is 24.6. The molecule has 0 saturated carbocycles. The SMILES string of the molecule is O=C(COC(=O)Cc1c[nH]c2ccccc12)Nc1ccc(OCc2ccccc2)cc1. The van der Waals surface area contributed by atoms with Gasteiger partial charge in [-0.2, -0.15) is 0 Å². The number of anilines is 1. The van der Waals surface area contributed by atoms with Crippen molar-refractivity contribution in [1.82, 2.24) is 4.98 Å². The molecule has 0 radical (unpaired) electrons. The maximum Gasteiger partial charge on any atom is 0.310 e. The molecule has 0 fully saturated rings. The lowest BCUT2D eigenvalue weighted by atomic mass is 10.1. The largest absolute Gasteiger partial charge is 0.489 e. The van der Waals surface area contributed by atoms with Gasteiger partial charge in [-0.15, -0.1) is 0 Å². The van der Waals surface area contributed by atoms with Gasteiger partial charge in [-0.25, -0.2) is 0 Å². The first-order valence-electron chi connectivity index (χ1n) is 9.94. The topological polar surface area (TPSA) is 80.4 Å². The molecule has 4 aromatic rings. The van der Waals surface area contributed by atoms with E-state index in [4.69, 9.17) is 9.47 Å². The number of rotatable bonds is 8. The van der Waals surface area contributed by atoms with Crippen molar-refractivity contribution in [2.24, 2.45) is 0 Å². The van der Waals surface area contributed by atoms with Gasteiger partial charge in [0, 0.05) is 22.8 Å². The standard InChI is InChI=1S/C25H22N2O4/c28-24(17-31-25(29)14-19-15-26-23-9-5-4-8-22(19)23)27-20-10-12-21(13-11-20)30-16-18-6-2-1-3-7-18/h1-13,15,26H,14,16-17H2,(H,27,28). The summed E-state index contributed by atoms with van der Waals surface area (Å²) in [4.78, 5) is 27.3. The Kier molecular flexibility index (Phi) is 6.28. The Morgan fingerprint density at radius 1 is 0.871 bits per heavy atom. The highest BCUT2D eigenvalue weighted by atomic mass is 16.5. The lowest BCUT2D eigenvalue weighted by molar-refractivity contribution is -0.146. The van der Waals surface area contributed by atoms with Crippen LogP contribution < -0.4 is 10.1 Å². The first kappa shape index (κ1) is 20.2. The number of ether oxygens (including phenoxy) is 2. The highest BCUT2D eigenvalue weighted by Gasteiger charge is 2.12. The number of benzene rings is 3. The van der Waals surface area contributed by atoms with Crippen molar-refractivity contribution in [3.05, 3.63) is 96.2 Å². The fourth-order valence-corrected chi connectivity index (χ4v) is 3.20. The lowest BCUT2D eigenvalue weighted by Gasteiger charge is -2.09. The third-order valence-corrected chi connectivity index (χ3v) is 4.76. The van der Waals surface area contributed by atoms with Crippen molar-refractivity contribution < 1.29 is 19.1 Å². The van der Waals surface area contributed by atoms with E-state index in [0.717, 1.165) is 22.0 Å². The second kappa shape index (κ2) is 9.63. The number of nitrogens with one attached hydrogen (secondary N) is 2. The van der Waals surface area contributed by atoms with Gasteiger partial charge in [0.25, 0.3) is 5.91 Å². The molecule has 4 rings (SSSR count). The van der Waals surface area contributed by atoms with Gasteiger partial charge in [0.15, 0.2) is 6.61 Å². The van der Waals surface area contributed by atoms with Crippen LogP contribution in [-0.4, -0.2) is 23.5 Å². The quantitative estimate of drug-likeness (QED) is 0.417. The Hall–Kier alpha value is -4.06. The first-order chi connectivity index (χ1) is 15.2. The summed E-state index contributed by atoms with van der Waals surface area (Å²) in [5.41, 5.74) is 3.48. The van der Waals surface area contributed by atoms with Crippen LogP contribution in [0.2, 0.25) is 0 Å². The summed E-state index contributed by atoms with van der Waals surface area (Å²) >= 11 is 0. The van der Waals surface area contributed by atoms with Crippen LogP contribution in [0.3, 0.4) is 0 Å². The predicted molar refractivity (Wildman–Crippen MR) is 119 cm³/mol. The average Bonchev–Trinajstić information content (AvgIpc) is 3.21. The summed E-state index contributed by atoms with van der Waals surface area (Å²) < 4.78 is 10.8. The van der Waals surface area contributed by atoms with E-state index in [2.05, 4.69) is 10.3 Å². The second-order valence-electron chi connectivity index (χ2n) is 7.04. The Bertz CT molecular complexity index is 1170. The molecular weight excluding hydrogens is 392 g/mol. The van der Waals surface area contributed by atoms with Crippen LogP contribution in [0.1, 0.15) is 11.1 Å². The number of carbonyl (C=O) groups excluding carboxylic acids is 2. The van der Waals surface area contributed by atoms with E-state index in [9.17, 15) is 9.59 Å². The highest BCUT2D eigenvalue weighted by Crippen LogP contribution is 2.19. The van der Waals surface area contributed by atoms with Crippen LogP contribution in [0.25, 0.3) is 10.9 Å². The number of esters is 1. The van der Waals surface area contributed by atoms with Crippen LogP contribution in [0.15, 0.2) is 85.1 Å². The molecule has 1 heterocycles. The summed E-state index contributed by atoms with van der Waals surface area (Å²) in [5.74, 6) is -0.151. The summed E-state index contributed by atoms with van der Waals surface area (Å²) in [6.45, 7) is 0.131. The molecule has 156 valence electrons. The van der Waals surface area contributed by atoms with Gasteiger partial charge >= 0.3 is 5.97 Å². The maximum atomic E-state index is 12.1. The molecule has 6 nitrogen and oxygen atoms in total. The number of carbonyl (C=O) groups is 2. The smallest absolute Gasteiger partial charge is 0.310 e. The first-order valence-corrected chi connectivity index (χ1v) is 9.94. The Labute approximate surface area is 179 Å². The Morgan fingerprint density at radius 3 is 2.42 bits per heavy atom. The van der Waals surface area contributed by atoms with E-state index < -0.39 is 11.9 Å². The maximum absolute atomic E-state index is 12.1. The van der Waals surface area contributed by atoms with Gasteiger partial charge in [-0.1, -0.05) is 48.5 Å². The van der Waals surface area contributed by atoms with E-state index in [0.29, 0.717) is 18.0 Å². The van der Waals surface area contributed by atoms with E-state index in [-0.39, 0.29) is 13.0 Å². The van der Waals surface area contributed by atoms with E-state index >= 15 is 0 Å². The van der Waals surface area contributed by atoms with Crippen molar-refractivity contribution >= 4 is 28.5 Å². The molecule has 2 N–H and O–H groups in total. The van der Waals surface area contributed by atoms with Crippen LogP contribution >= 0.6 is 0 Å². The molecule has 1 amide bonds. The van der Waals surface area contributed by atoms with Gasteiger partial charge in [-0.05, 0) is 41.5 Å². The van der Waals surface area contributed by atoms with Gasteiger partial charge in [0.05, 0.1) is 6.42 Å². The average molecular weight is 414 g/mol. The lowest BCUT2D eigenvalue weighted by Crippen LogP contribution is -2.21. The molecule has 0 saturated heterocycles. The molecule has 0 unspecified atom stereocenters. The molecule has 1 aromatic heterocycles. The predicted octanol–water partition coefficient (Wildman–Crippen LogP) is 4.47. The van der Waals surface area contributed by atoms with Gasteiger partial charge in [0.2, 0.25) is 0 Å². The molecule has 0 aliphatic rings. The Balaban J connectivity index is 1.22. The third kappa shape index (κ3) is 5.51.